The Hall–Kier alpha value is -3.93. The van der Waals surface area contributed by atoms with Crippen LogP contribution in [0, 0.1) is 13.8 Å². The van der Waals surface area contributed by atoms with Crippen molar-refractivity contribution in [2.75, 3.05) is 0 Å². The van der Waals surface area contributed by atoms with Crippen LogP contribution >= 0.6 is 15.9 Å². The van der Waals surface area contributed by atoms with E-state index >= 15 is 0 Å². The second-order valence-corrected chi connectivity index (χ2v) is 35.7. The molecular weight excluding hydrogens is 961 g/mol. The van der Waals surface area contributed by atoms with Gasteiger partial charge in [0.25, 0.3) is 0 Å². The molecule has 1 aliphatic heterocycles. The largest absolute Gasteiger partial charge is 0.199 e. The summed E-state index contributed by atoms with van der Waals surface area (Å²) < 4.78 is 0. The van der Waals surface area contributed by atoms with E-state index in [0.29, 0.717) is 35.2 Å². The summed E-state index contributed by atoms with van der Waals surface area (Å²) in [6.07, 6.45) is 7.98. The van der Waals surface area contributed by atoms with E-state index in [4.69, 9.17) is 0 Å². The smallest absolute Gasteiger partial charge is 0.0866 e. The van der Waals surface area contributed by atoms with Gasteiger partial charge in [0.1, 0.15) is 0 Å². The second kappa shape index (κ2) is 25.7. The zero-order valence-electron chi connectivity index (χ0n) is 47.3. The summed E-state index contributed by atoms with van der Waals surface area (Å²) in [4.78, 5) is 0. The molecule has 2 unspecified atom stereocenters. The minimum absolute atomic E-state index is 0.0339. The fourth-order valence-electron chi connectivity index (χ4n) is 9.81. The van der Waals surface area contributed by atoms with E-state index in [1.807, 2.05) is 60.7 Å². The first-order valence-corrected chi connectivity index (χ1v) is 34.1. The summed E-state index contributed by atoms with van der Waals surface area (Å²) in [5, 5.41) is 26.3. The molecule has 2 N–H and O–H groups in total. The number of phenols is 2. The van der Waals surface area contributed by atoms with E-state index in [1.165, 1.54) is 71.9 Å². The fraction of sp³-hybridized carbons (Fsp3) is 0.441. The predicted octanol–water partition coefficient (Wildman–Crippen LogP) is 20.5. The average Bonchev–Trinajstić information content (AvgIpc) is 3.62. The standard InChI is InChI=1S/C54H76O2S2.2C7H7.Ti/c1-33(2)37-21-38(34(3)4)24-41(23-37)47-29-45(53(9,10)11)27-43(51(47)55)31-57-49-19-17-15-16-18-20-50(49)58-32-44-28-46(54(12,13)14)30-48(52(44)56)42-25-39(35(5)6)22-40(26-42)36(7)8;2*1-7-5-3-2-4-6-7;/h21-30,33-36,49-50,55-56H,15-20,31-32H2,1-14H3;2*2-6H,1H2;/q;2*-1;/t49-,50?;;;/m0.../s1. The van der Waals surface area contributed by atoms with Crippen molar-refractivity contribution in [2.45, 2.75) is 192 Å². The molecule has 0 radical (unpaired) electrons. The first-order chi connectivity index (χ1) is 34.4. The van der Waals surface area contributed by atoms with E-state index in [9.17, 15) is 10.2 Å². The predicted molar refractivity (Wildman–Crippen MR) is 321 cm³/mol. The number of aromatic hydroxyl groups is 2. The van der Waals surface area contributed by atoms with Crippen molar-refractivity contribution < 1.29 is 25.7 Å². The van der Waals surface area contributed by atoms with Gasteiger partial charge in [-0.15, -0.1) is 24.3 Å². The minimum atomic E-state index is -0.362. The molecule has 2 aliphatic rings. The number of hydrogen-bond donors (Lipinski definition) is 2. The van der Waals surface area contributed by atoms with Gasteiger partial charge in [-0.25, -0.2) is 0 Å². The number of rotatable bonds is 10. The molecule has 8 rings (SSSR count). The summed E-state index contributed by atoms with van der Waals surface area (Å²) in [5.41, 5.74) is 16.7. The Kier molecular flexibility index (Phi) is 20.6. The van der Waals surface area contributed by atoms with Crippen LogP contribution in [-0.2, 0) is 37.8 Å². The molecule has 0 aromatic heterocycles. The van der Waals surface area contributed by atoms with Gasteiger partial charge < -0.3 is 0 Å². The molecule has 73 heavy (non-hydrogen) atoms. The van der Waals surface area contributed by atoms with Crippen molar-refractivity contribution in [3.05, 3.63) is 191 Å². The molecule has 0 bridgehead atoms. The van der Waals surface area contributed by atoms with Gasteiger partial charge in [-0.3, -0.25) is 0 Å². The summed E-state index contributed by atoms with van der Waals surface area (Å²) in [6, 6.07) is 43.2. The Bertz CT molecular complexity index is 2610. The molecular formula is C68H90O2S2Ti-2. The van der Waals surface area contributed by atoms with E-state index in [-0.39, 0.29) is 42.2 Å². The number of hydrogen-bond acceptors (Lipinski definition) is 2. The van der Waals surface area contributed by atoms with Gasteiger partial charge in [-0.05, 0) is 0 Å². The molecule has 1 fully saturated rings. The summed E-state index contributed by atoms with van der Waals surface area (Å²) >= 11 is -0.362. The first kappa shape index (κ1) is 58.3. The fourth-order valence-corrected chi connectivity index (χ4v) is 30.6. The van der Waals surface area contributed by atoms with Crippen LogP contribution in [0.3, 0.4) is 0 Å². The molecule has 4 atom stereocenters. The quantitative estimate of drug-likeness (QED) is 0.106. The van der Waals surface area contributed by atoms with Gasteiger partial charge >= 0.3 is 372 Å². The third-order valence-corrected chi connectivity index (χ3v) is 30.7. The zero-order chi connectivity index (χ0) is 53.4. The van der Waals surface area contributed by atoms with Crippen LogP contribution in [0.4, 0.5) is 0 Å². The number of benzene rings is 6. The van der Waals surface area contributed by atoms with Crippen LogP contribution in [0.2, 0.25) is 0 Å². The number of phenolic OH excluding ortho intramolecular Hbond substituents is 2. The second-order valence-electron chi connectivity index (χ2n) is 24.2. The maximum atomic E-state index is 12.4. The van der Waals surface area contributed by atoms with E-state index in [1.54, 1.807) is 0 Å². The molecule has 6 aromatic carbocycles. The van der Waals surface area contributed by atoms with Crippen LogP contribution in [0.5, 0.6) is 11.5 Å². The molecule has 0 spiro atoms. The summed E-state index contributed by atoms with van der Waals surface area (Å²) in [5.74, 6) is 4.67. The monoisotopic (exact) mass is 1050 g/mol. The van der Waals surface area contributed by atoms with Gasteiger partial charge in [-0.2, -0.15) is 49.2 Å². The van der Waals surface area contributed by atoms with Crippen LogP contribution in [-0.4, -0.2) is 20.7 Å². The van der Waals surface area contributed by atoms with Crippen molar-refractivity contribution in [1.29, 1.82) is 0 Å². The summed E-state index contributed by atoms with van der Waals surface area (Å²) in [6.45, 7) is 39.6. The maximum Gasteiger partial charge on any atom is -0.0866 e. The summed E-state index contributed by atoms with van der Waals surface area (Å²) in [7, 11) is 0.516. The van der Waals surface area contributed by atoms with Crippen molar-refractivity contribution >= 4 is 15.9 Å². The van der Waals surface area contributed by atoms with Gasteiger partial charge in [0.05, 0.1) is 0 Å². The Morgan fingerprint density at radius 1 is 0.466 bits per heavy atom. The van der Waals surface area contributed by atoms with Gasteiger partial charge in [0.2, 0.25) is 0 Å². The van der Waals surface area contributed by atoms with E-state index in [2.05, 4.69) is 171 Å². The van der Waals surface area contributed by atoms with Crippen molar-refractivity contribution in [3.8, 4) is 33.8 Å². The molecule has 0 amide bonds. The zero-order valence-corrected chi connectivity index (χ0v) is 50.5. The van der Waals surface area contributed by atoms with Crippen LogP contribution in [0.15, 0.2) is 121 Å². The molecule has 5 heteroatoms. The molecule has 1 saturated carbocycles. The van der Waals surface area contributed by atoms with Gasteiger partial charge in [-0.1, -0.05) is 12.1 Å². The van der Waals surface area contributed by atoms with Crippen molar-refractivity contribution in [1.82, 2.24) is 0 Å². The van der Waals surface area contributed by atoms with Gasteiger partial charge in [0, 0.05) is 0 Å². The van der Waals surface area contributed by atoms with Gasteiger partial charge in [0.15, 0.2) is 0 Å². The third-order valence-electron chi connectivity index (χ3n) is 14.7. The Balaban J connectivity index is 0.000000533. The van der Waals surface area contributed by atoms with Crippen molar-refractivity contribution in [3.63, 3.8) is 0 Å². The molecule has 1 aliphatic carbocycles. The first-order valence-electron chi connectivity index (χ1n) is 27.3. The third kappa shape index (κ3) is 15.8. The Morgan fingerprint density at radius 3 is 1.04 bits per heavy atom. The maximum absolute atomic E-state index is 12.4. The SMILES string of the molecule is CC(C)c1cc(-c2cc(C(C)(C)C)cc(C[S]3=[Ti]=[S@@](Cc4cc(C(C)(C)C)cc(-c5cc(C(C)C)cc(C(C)C)c5)c4O)C4CCCCCC[C@@H]43)c2O)cc(C(C)C)c1.[CH2-]c1ccccc1.[CH2-]c1ccccc1. The normalized spacial score (nSPS) is 17.9. The van der Waals surface area contributed by atoms with Crippen LogP contribution in [0.1, 0.15) is 215 Å². The minimum Gasteiger partial charge on any atom is -0.199 e. The Morgan fingerprint density at radius 2 is 0.781 bits per heavy atom. The topological polar surface area (TPSA) is 40.5 Å². The van der Waals surface area contributed by atoms with E-state index < -0.39 is 0 Å². The van der Waals surface area contributed by atoms with Crippen LogP contribution < -0.4 is 0 Å². The molecule has 0 saturated heterocycles. The van der Waals surface area contributed by atoms with E-state index in [0.717, 1.165) is 66.5 Å². The Labute approximate surface area is 454 Å². The molecule has 2 nitrogen and oxygen atoms in total. The molecule has 392 valence electrons. The average molecular weight is 1050 g/mol. The van der Waals surface area contributed by atoms with Crippen molar-refractivity contribution in [2.24, 2.45) is 0 Å². The molecule has 1 heterocycles. The van der Waals surface area contributed by atoms with Crippen LogP contribution in [0.25, 0.3) is 22.3 Å². The molecule has 6 aromatic rings. The number of fused-ring (bicyclic) bond motifs is 1.